The molecule has 1 N–H and O–H groups in total. The van der Waals surface area contributed by atoms with E-state index in [1.165, 1.54) is 6.92 Å². The van der Waals surface area contributed by atoms with Crippen LogP contribution in [-0.2, 0) is 33.2 Å². The van der Waals surface area contributed by atoms with Crippen molar-refractivity contribution in [3.05, 3.63) is 29.8 Å². The summed E-state index contributed by atoms with van der Waals surface area (Å²) in [7, 11) is 8.44. The Morgan fingerprint density at radius 3 is 2.28 bits per heavy atom. The fraction of sp³-hybridized carbons (Fsp3) is 0.771. The lowest BCUT2D eigenvalue weighted by Gasteiger charge is -2.69. The number of piperidine rings is 1. The van der Waals surface area contributed by atoms with Gasteiger partial charge in [-0.05, 0) is 56.0 Å². The maximum Gasteiger partial charge on any atom is 0.338 e. The Morgan fingerprint density at radius 1 is 0.978 bits per heavy atom. The van der Waals surface area contributed by atoms with Crippen molar-refractivity contribution in [1.29, 1.82) is 0 Å². The topological polar surface area (TPSA) is 122 Å². The molecular weight excluding hydrogens is 594 g/mol. The number of aliphatic hydroxyl groups is 1. The van der Waals surface area contributed by atoms with Crippen molar-refractivity contribution >= 4 is 11.9 Å². The highest BCUT2D eigenvalue weighted by Crippen LogP contribution is 2.80. The van der Waals surface area contributed by atoms with Crippen LogP contribution in [0.4, 0.5) is 0 Å². The molecule has 1 aromatic rings. The highest BCUT2D eigenvalue weighted by Gasteiger charge is 2.89. The van der Waals surface area contributed by atoms with Crippen LogP contribution in [0.15, 0.2) is 24.3 Å². The SMILES string of the molecule is CCN1C[C@@]2(COC)CCC(OC)[C@]34C5C[C@]6(O)[C@@H](OC)C[C@](OC(C)=O)(C([C@H](OC)C23)[C@H]14)C5[C@H]6OC(=O)c1ccc(OC)cc1. The first kappa shape index (κ1) is 32.3. The Hall–Kier alpha value is -2.28. The van der Waals surface area contributed by atoms with Gasteiger partial charge in [0.05, 0.1) is 37.6 Å². The number of likely N-dealkylation sites (tertiary alicyclic amines) is 1. The Bertz CT molecular complexity index is 1360. The Kier molecular flexibility index (Phi) is 7.81. The third-order valence-electron chi connectivity index (χ3n) is 13.3. The summed E-state index contributed by atoms with van der Waals surface area (Å²) < 4.78 is 43.6. The van der Waals surface area contributed by atoms with Crippen molar-refractivity contribution in [2.75, 3.05) is 55.2 Å². The molecule has 1 heterocycles. The minimum absolute atomic E-state index is 0.00534. The van der Waals surface area contributed by atoms with E-state index in [4.69, 9.17) is 33.2 Å². The van der Waals surface area contributed by atoms with Crippen molar-refractivity contribution in [1.82, 2.24) is 4.90 Å². The molecule has 0 aromatic heterocycles. The van der Waals surface area contributed by atoms with Gasteiger partial charge in [0.15, 0.2) is 0 Å². The molecule has 7 bridgehead atoms. The van der Waals surface area contributed by atoms with Crippen LogP contribution in [0.25, 0.3) is 0 Å². The van der Waals surface area contributed by atoms with Crippen molar-refractivity contribution in [3.8, 4) is 5.75 Å². The number of carbonyl (C=O) groups is 2. The number of methoxy groups -OCH3 is 5. The zero-order valence-corrected chi connectivity index (χ0v) is 28.0. The number of ether oxygens (including phenoxy) is 7. The summed E-state index contributed by atoms with van der Waals surface area (Å²) in [5, 5.41) is 12.8. The average Bonchev–Trinajstić information content (AvgIpc) is 3.42. The fourth-order valence-electron chi connectivity index (χ4n) is 12.4. The fourth-order valence-corrected chi connectivity index (χ4v) is 12.4. The molecule has 1 saturated heterocycles. The molecule has 1 aliphatic heterocycles. The van der Waals surface area contributed by atoms with Gasteiger partial charge in [0.25, 0.3) is 0 Å². The van der Waals surface area contributed by atoms with E-state index in [1.54, 1.807) is 59.8 Å². The van der Waals surface area contributed by atoms with E-state index in [2.05, 4.69) is 11.8 Å². The number of benzene rings is 1. The van der Waals surface area contributed by atoms with E-state index in [1.807, 2.05) is 0 Å². The third-order valence-corrected chi connectivity index (χ3v) is 13.3. The summed E-state index contributed by atoms with van der Waals surface area (Å²) in [6.45, 7) is 5.80. The molecule has 5 aliphatic carbocycles. The van der Waals surface area contributed by atoms with Gasteiger partial charge in [-0.1, -0.05) is 6.92 Å². The van der Waals surface area contributed by atoms with E-state index >= 15 is 0 Å². The molecule has 6 aliphatic rings. The predicted molar refractivity (Wildman–Crippen MR) is 164 cm³/mol. The lowest BCUT2D eigenvalue weighted by molar-refractivity contribution is -0.287. The first-order chi connectivity index (χ1) is 22.1. The van der Waals surface area contributed by atoms with Crippen LogP contribution in [0.1, 0.15) is 49.9 Å². The molecule has 0 amide bonds. The summed E-state index contributed by atoms with van der Waals surface area (Å²) >= 11 is 0. The highest BCUT2D eigenvalue weighted by atomic mass is 16.6. The Labute approximate surface area is 271 Å². The molecule has 1 aromatic carbocycles. The maximum absolute atomic E-state index is 13.9. The second-order valence-corrected chi connectivity index (χ2v) is 14.6. The second kappa shape index (κ2) is 11.1. The quantitative estimate of drug-likeness (QED) is 0.379. The van der Waals surface area contributed by atoms with Crippen LogP contribution in [-0.4, -0.2) is 119 Å². The number of rotatable bonds is 10. The van der Waals surface area contributed by atoms with Gasteiger partial charge in [-0.2, -0.15) is 0 Å². The highest BCUT2D eigenvalue weighted by molar-refractivity contribution is 5.89. The van der Waals surface area contributed by atoms with Crippen LogP contribution in [0.5, 0.6) is 5.75 Å². The first-order valence-corrected chi connectivity index (χ1v) is 16.6. The standard InChI is InChI=1S/C35H49NO10/c1-8-36-17-32(18-40-3)14-13-23(42-5)35-22-15-33(39)24(43-6)16-34(46-19(2)37,26(29(35)36)27(44-7)28(32)35)25(22)30(33)45-31(38)20-9-11-21(41-4)12-10-20/h9-12,22-30,39H,8,13-18H2,1-7H3/t22?,23?,24-,25?,26?,27-,28?,29-,30+,32+,33-,34+,35+/m0/s1. The van der Waals surface area contributed by atoms with E-state index in [-0.39, 0.29) is 47.8 Å². The number of fused-ring (bicyclic) bond motifs is 2. The Morgan fingerprint density at radius 2 is 1.70 bits per heavy atom. The summed E-state index contributed by atoms with van der Waals surface area (Å²) in [4.78, 5) is 29.7. The minimum atomic E-state index is -1.51. The molecule has 5 unspecified atom stereocenters. The summed E-state index contributed by atoms with van der Waals surface area (Å²) in [5.74, 6) is -1.38. The number of esters is 2. The van der Waals surface area contributed by atoms with Gasteiger partial charge in [-0.25, -0.2) is 4.79 Å². The minimum Gasteiger partial charge on any atom is -0.497 e. The predicted octanol–water partition coefficient (Wildman–Crippen LogP) is 2.72. The van der Waals surface area contributed by atoms with E-state index in [0.717, 1.165) is 25.9 Å². The van der Waals surface area contributed by atoms with Gasteiger partial charge in [-0.3, -0.25) is 9.69 Å². The number of carbonyl (C=O) groups excluding carboxylic acids is 2. The normalized spacial score (nSPS) is 46.6. The van der Waals surface area contributed by atoms with Gasteiger partial charge < -0.3 is 38.3 Å². The molecule has 5 saturated carbocycles. The monoisotopic (exact) mass is 643 g/mol. The molecule has 7 rings (SSSR count). The average molecular weight is 644 g/mol. The zero-order chi connectivity index (χ0) is 32.8. The van der Waals surface area contributed by atoms with Crippen molar-refractivity contribution in [3.63, 3.8) is 0 Å². The lowest BCUT2D eigenvalue weighted by atomic mass is 9.43. The molecule has 11 nitrogen and oxygen atoms in total. The molecule has 46 heavy (non-hydrogen) atoms. The number of hydrogen-bond donors (Lipinski definition) is 1. The van der Waals surface area contributed by atoms with Crippen LogP contribution in [0, 0.1) is 34.5 Å². The summed E-state index contributed by atoms with van der Waals surface area (Å²) in [5.41, 5.74) is -3.03. The second-order valence-electron chi connectivity index (χ2n) is 14.6. The van der Waals surface area contributed by atoms with Crippen LogP contribution in [0.3, 0.4) is 0 Å². The molecule has 254 valence electrons. The molecule has 13 atom stereocenters. The number of hydrogen-bond acceptors (Lipinski definition) is 11. The lowest BCUT2D eigenvalue weighted by Crippen LogP contribution is -2.77. The van der Waals surface area contributed by atoms with Gasteiger partial charge in [-0.15, -0.1) is 0 Å². The zero-order valence-electron chi connectivity index (χ0n) is 28.0. The summed E-state index contributed by atoms with van der Waals surface area (Å²) in [6.07, 6.45) is 0.142. The van der Waals surface area contributed by atoms with Crippen LogP contribution in [0.2, 0.25) is 0 Å². The first-order valence-electron chi connectivity index (χ1n) is 16.6. The molecule has 11 heteroatoms. The van der Waals surface area contributed by atoms with Gasteiger partial charge in [0.2, 0.25) is 0 Å². The smallest absolute Gasteiger partial charge is 0.338 e. The molecule has 0 radical (unpaired) electrons. The molecule has 1 spiro atoms. The summed E-state index contributed by atoms with van der Waals surface area (Å²) in [6, 6.07) is 6.66. The van der Waals surface area contributed by atoms with E-state index < -0.39 is 46.7 Å². The third kappa shape index (κ3) is 3.87. The van der Waals surface area contributed by atoms with Crippen molar-refractivity contribution in [2.24, 2.45) is 34.5 Å². The Balaban J connectivity index is 1.46. The van der Waals surface area contributed by atoms with Crippen molar-refractivity contribution < 1.29 is 47.9 Å². The molecular formula is C35H49NO10. The van der Waals surface area contributed by atoms with E-state index in [0.29, 0.717) is 24.3 Å². The molecule has 6 fully saturated rings. The van der Waals surface area contributed by atoms with E-state index in [9.17, 15) is 14.7 Å². The van der Waals surface area contributed by atoms with Gasteiger partial charge >= 0.3 is 11.9 Å². The maximum atomic E-state index is 13.9. The van der Waals surface area contributed by atoms with Crippen molar-refractivity contribution in [2.45, 2.75) is 81.2 Å². The van der Waals surface area contributed by atoms with Gasteiger partial charge in [0, 0.05) is 83.0 Å². The van der Waals surface area contributed by atoms with Crippen LogP contribution >= 0.6 is 0 Å². The van der Waals surface area contributed by atoms with Crippen LogP contribution < -0.4 is 4.74 Å². The largest absolute Gasteiger partial charge is 0.497 e. The van der Waals surface area contributed by atoms with Gasteiger partial charge in [0.1, 0.15) is 23.1 Å². The number of nitrogens with zero attached hydrogens (tertiary/aromatic N) is 1.